The smallest absolute Gasteiger partial charge is 0.379 e. The number of nitrogens with zero attached hydrogens (tertiary/aromatic N) is 4. The molecule has 3 aromatic rings. The molecule has 1 aromatic carbocycles. The number of hydrogen-bond donors (Lipinski definition) is 2. The van der Waals surface area contributed by atoms with E-state index < -0.39 is 47.4 Å². The highest BCUT2D eigenvalue weighted by molar-refractivity contribution is 6.01. The number of aromatic nitrogens is 3. The van der Waals surface area contributed by atoms with Crippen molar-refractivity contribution in [2.75, 3.05) is 32.0 Å². The number of amides is 1. The first kappa shape index (κ1) is 30.0. The third-order valence-electron chi connectivity index (χ3n) is 6.68. The lowest BCUT2D eigenvalue weighted by atomic mass is 9.99. The molecular weight excluding hydrogens is 557 g/mol. The second kappa shape index (κ2) is 11.5. The van der Waals surface area contributed by atoms with Gasteiger partial charge in [-0.1, -0.05) is 24.8 Å². The van der Waals surface area contributed by atoms with Crippen molar-refractivity contribution in [1.82, 2.24) is 25.0 Å². The lowest BCUT2D eigenvalue weighted by molar-refractivity contribution is -0.141. The predicted molar refractivity (Wildman–Crippen MR) is 141 cm³/mol. The number of fused-ring (bicyclic) bond motifs is 1. The number of allylic oxidation sites excluding steroid dienone is 1. The third kappa shape index (κ3) is 6.87. The largest absolute Gasteiger partial charge is 0.435 e. The monoisotopic (exact) mass is 584 g/mol. The van der Waals surface area contributed by atoms with Crippen molar-refractivity contribution in [3.05, 3.63) is 65.8 Å². The molecule has 4 rings (SSSR count). The molecule has 0 bridgehead atoms. The molecule has 2 atom stereocenters. The lowest BCUT2D eigenvalue weighted by Gasteiger charge is -2.33. The molecule has 0 unspecified atom stereocenters. The van der Waals surface area contributed by atoms with Crippen molar-refractivity contribution in [3.63, 3.8) is 0 Å². The minimum Gasteiger partial charge on any atom is -0.379 e. The van der Waals surface area contributed by atoms with Gasteiger partial charge in [0.05, 0.1) is 23.0 Å². The van der Waals surface area contributed by atoms with Gasteiger partial charge in [0, 0.05) is 49.2 Å². The summed E-state index contributed by atoms with van der Waals surface area (Å²) in [6.07, 6.45) is -7.43. The number of nitrogens with one attached hydrogen (secondary N) is 2. The molecule has 0 saturated carbocycles. The first-order valence-corrected chi connectivity index (χ1v) is 12.5. The van der Waals surface area contributed by atoms with E-state index in [4.69, 9.17) is 0 Å². The van der Waals surface area contributed by atoms with E-state index in [2.05, 4.69) is 27.3 Å². The second-order valence-corrected chi connectivity index (χ2v) is 9.74. The summed E-state index contributed by atoms with van der Waals surface area (Å²) >= 11 is 0. The van der Waals surface area contributed by atoms with E-state index in [1.807, 2.05) is 4.90 Å². The maximum absolute atomic E-state index is 14.7. The van der Waals surface area contributed by atoms with E-state index in [0.717, 1.165) is 4.68 Å². The van der Waals surface area contributed by atoms with Crippen LogP contribution in [0.25, 0.3) is 22.4 Å². The van der Waals surface area contributed by atoms with E-state index in [9.17, 15) is 35.5 Å². The van der Waals surface area contributed by atoms with Crippen molar-refractivity contribution in [2.24, 2.45) is 7.05 Å². The number of likely N-dealkylation sites (tertiary alicyclic amines) is 1. The number of pyridine rings is 1. The Bertz CT molecular complexity index is 1480. The summed E-state index contributed by atoms with van der Waals surface area (Å²) in [7, 11) is 3.00. The maximum Gasteiger partial charge on any atom is 0.435 e. The molecule has 1 fully saturated rings. The van der Waals surface area contributed by atoms with Crippen LogP contribution in [0, 0.1) is 0 Å². The molecule has 220 valence electrons. The van der Waals surface area contributed by atoms with Gasteiger partial charge in [0.2, 0.25) is 0 Å². The van der Waals surface area contributed by atoms with Crippen molar-refractivity contribution in [2.45, 2.75) is 31.0 Å². The normalized spacial score (nSPS) is 18.7. The topological polar surface area (TPSA) is 75.1 Å². The zero-order valence-corrected chi connectivity index (χ0v) is 22.1. The van der Waals surface area contributed by atoms with Gasteiger partial charge < -0.3 is 15.5 Å². The van der Waals surface area contributed by atoms with Crippen LogP contribution >= 0.6 is 0 Å². The molecule has 41 heavy (non-hydrogen) atoms. The zero-order valence-electron chi connectivity index (χ0n) is 22.1. The number of benzene rings is 1. The number of piperidine rings is 1. The van der Waals surface area contributed by atoms with Crippen LogP contribution in [0.4, 0.5) is 36.4 Å². The van der Waals surface area contributed by atoms with Gasteiger partial charge in [0.1, 0.15) is 11.9 Å². The molecule has 1 saturated heterocycles. The fourth-order valence-corrected chi connectivity index (χ4v) is 4.53. The van der Waals surface area contributed by atoms with E-state index in [1.54, 1.807) is 19.2 Å². The van der Waals surface area contributed by atoms with Gasteiger partial charge in [-0.25, -0.2) is 9.37 Å². The van der Waals surface area contributed by atoms with Crippen LogP contribution in [0.3, 0.4) is 0 Å². The number of alkyl halides is 7. The second-order valence-electron chi connectivity index (χ2n) is 9.74. The Kier molecular flexibility index (Phi) is 8.43. The third-order valence-corrected chi connectivity index (χ3v) is 6.68. The van der Waals surface area contributed by atoms with Gasteiger partial charge in [0.15, 0.2) is 5.69 Å². The Morgan fingerprint density at radius 3 is 2.51 bits per heavy atom. The van der Waals surface area contributed by atoms with Gasteiger partial charge in [-0.3, -0.25) is 9.48 Å². The predicted octanol–water partition coefficient (Wildman–Crippen LogP) is 5.46. The van der Waals surface area contributed by atoms with Gasteiger partial charge in [-0.15, -0.1) is 0 Å². The summed E-state index contributed by atoms with van der Waals surface area (Å²) in [4.78, 5) is 18.3. The number of anilines is 1. The van der Waals surface area contributed by atoms with Crippen molar-refractivity contribution in [3.8, 4) is 0 Å². The first-order chi connectivity index (χ1) is 19.1. The van der Waals surface area contributed by atoms with Crippen molar-refractivity contribution >= 4 is 34.0 Å². The van der Waals surface area contributed by atoms with Crippen molar-refractivity contribution in [1.29, 1.82) is 0 Å². The number of rotatable bonds is 7. The van der Waals surface area contributed by atoms with Crippen molar-refractivity contribution < 1.29 is 35.5 Å². The SMILES string of the molecule is C=C(c1nc(/C=C/CNC(=O)c2cc(C(F)(F)F)nn2C)cc2c(N[C@@H]3CCN(C)C[C@@H]3F)cccc12)C(F)(F)F. The first-order valence-electron chi connectivity index (χ1n) is 12.5. The van der Waals surface area contributed by atoms with Gasteiger partial charge in [-0.2, -0.15) is 31.4 Å². The number of halogens is 7. The molecule has 0 radical (unpaired) electrons. The number of hydrogen-bond acceptors (Lipinski definition) is 5. The molecule has 1 aliphatic rings. The Morgan fingerprint density at radius 1 is 1.15 bits per heavy atom. The van der Waals surface area contributed by atoms with E-state index in [1.165, 1.54) is 31.3 Å². The molecule has 1 aliphatic heterocycles. The fraction of sp³-hybridized carbons (Fsp3) is 0.370. The van der Waals surface area contributed by atoms with E-state index >= 15 is 0 Å². The zero-order chi connectivity index (χ0) is 30.1. The molecule has 0 aliphatic carbocycles. The molecule has 1 amide bonds. The van der Waals surface area contributed by atoms with Gasteiger partial charge >= 0.3 is 12.4 Å². The highest BCUT2D eigenvalue weighted by Gasteiger charge is 2.36. The molecule has 0 spiro atoms. The van der Waals surface area contributed by atoms with Gasteiger partial charge in [-0.05, 0) is 31.7 Å². The average molecular weight is 585 g/mol. The highest BCUT2D eigenvalue weighted by atomic mass is 19.4. The summed E-state index contributed by atoms with van der Waals surface area (Å²) in [6, 6.07) is 6.26. The number of carbonyl (C=O) groups excluding carboxylic acids is 1. The van der Waals surface area contributed by atoms with Crippen LogP contribution in [-0.2, 0) is 13.2 Å². The van der Waals surface area contributed by atoms with Crippen LogP contribution in [0.5, 0.6) is 0 Å². The highest BCUT2D eigenvalue weighted by Crippen LogP contribution is 2.37. The quantitative estimate of drug-likeness (QED) is 0.361. The summed E-state index contributed by atoms with van der Waals surface area (Å²) in [6.45, 7) is 3.89. The summed E-state index contributed by atoms with van der Waals surface area (Å²) in [5.41, 5.74) is -2.59. The van der Waals surface area contributed by atoms with Crippen LogP contribution in [0.15, 0.2) is 43.0 Å². The number of carbonyl (C=O) groups is 1. The molecule has 7 nitrogen and oxygen atoms in total. The summed E-state index contributed by atoms with van der Waals surface area (Å²) in [5, 5.41) is 9.37. The van der Waals surface area contributed by atoms with Crippen LogP contribution in [-0.4, -0.2) is 70.6 Å². The van der Waals surface area contributed by atoms with Gasteiger partial charge in [0.25, 0.3) is 5.91 Å². The molecular formula is C27H27F7N6O. The minimum absolute atomic E-state index is 0.0986. The molecule has 2 aromatic heterocycles. The van der Waals surface area contributed by atoms with Crippen LogP contribution in [0.2, 0.25) is 0 Å². The van der Waals surface area contributed by atoms with Crippen LogP contribution in [0.1, 0.15) is 34.0 Å². The Morgan fingerprint density at radius 2 is 1.88 bits per heavy atom. The molecule has 2 N–H and O–H groups in total. The van der Waals surface area contributed by atoms with E-state index in [0.29, 0.717) is 30.1 Å². The summed E-state index contributed by atoms with van der Waals surface area (Å²) < 4.78 is 95.2. The van der Waals surface area contributed by atoms with Crippen LogP contribution < -0.4 is 10.6 Å². The Hall–Kier alpha value is -3.94. The Labute approximate surface area is 230 Å². The molecule has 3 heterocycles. The Balaban J connectivity index is 1.61. The fourth-order valence-electron chi connectivity index (χ4n) is 4.53. The average Bonchev–Trinajstić information content (AvgIpc) is 3.29. The number of aryl methyl sites for hydroxylation is 1. The van der Waals surface area contributed by atoms with E-state index in [-0.39, 0.29) is 29.9 Å². The maximum atomic E-state index is 14.7. The lowest BCUT2D eigenvalue weighted by Crippen LogP contribution is -2.46. The minimum atomic E-state index is -4.77. The summed E-state index contributed by atoms with van der Waals surface area (Å²) in [5.74, 6) is -0.830. The molecule has 14 heteroatoms. The standard InChI is InChI=1S/C27H27F7N6O/c1-15(26(29,30)31)24-17-7-4-8-20(37-21-9-11-39(2)14-19(21)28)18(17)12-16(36-24)6-5-10-35-25(41)22-13-23(27(32,33)34)38-40(22)3/h4-8,12-13,19,21,37H,1,9-11,14H2,2-3H3,(H,35,41)/b6-5+/t19-,21+/m0/s1.